The number of aromatic amines is 1. The maximum absolute atomic E-state index is 5.20. The Hall–Kier alpha value is -1.03. The highest BCUT2D eigenvalue weighted by Crippen LogP contribution is 2.05. The zero-order valence-corrected chi connectivity index (χ0v) is 7.43. The molecule has 1 aromatic rings. The molecule has 0 unspecified atom stereocenters. The molecule has 0 bridgehead atoms. The number of aryl methyl sites for hydroxylation is 1. The van der Waals surface area contributed by atoms with E-state index in [0.29, 0.717) is 0 Å². The van der Waals surface area contributed by atoms with E-state index in [-0.39, 0.29) is 0 Å². The lowest BCUT2D eigenvalue weighted by Crippen LogP contribution is -2.06. The van der Waals surface area contributed by atoms with E-state index in [1.165, 1.54) is 19.3 Å². The van der Waals surface area contributed by atoms with Crippen molar-refractivity contribution in [3.63, 3.8) is 0 Å². The predicted molar refractivity (Wildman–Crippen MR) is 49.6 cm³/mol. The number of anilines is 1. The van der Waals surface area contributed by atoms with Crippen LogP contribution in [0.5, 0.6) is 0 Å². The average molecular weight is 168 g/mol. The van der Waals surface area contributed by atoms with Crippen molar-refractivity contribution in [3.8, 4) is 0 Å². The van der Waals surface area contributed by atoms with Gasteiger partial charge in [-0.1, -0.05) is 19.8 Å². The van der Waals surface area contributed by atoms with Gasteiger partial charge in [0.25, 0.3) is 0 Å². The van der Waals surface area contributed by atoms with E-state index in [1.54, 1.807) is 6.20 Å². The molecule has 0 aliphatic carbocycles. The molecule has 0 aliphatic heterocycles. The second kappa shape index (κ2) is 4.77. The van der Waals surface area contributed by atoms with Crippen LogP contribution in [0.1, 0.15) is 32.0 Å². The number of nitrogens with one attached hydrogen (secondary N) is 2. The van der Waals surface area contributed by atoms with Crippen molar-refractivity contribution in [2.24, 2.45) is 5.84 Å². The molecule has 0 radical (unpaired) electrons. The molecule has 12 heavy (non-hydrogen) atoms. The number of imidazole rings is 1. The molecular weight excluding hydrogens is 152 g/mol. The minimum atomic E-state index is 0.779. The molecule has 0 saturated carbocycles. The number of aromatic nitrogens is 2. The number of H-pyrrole nitrogens is 1. The van der Waals surface area contributed by atoms with Gasteiger partial charge in [0.05, 0.1) is 6.20 Å². The Labute approximate surface area is 72.5 Å². The fraction of sp³-hybridized carbons (Fsp3) is 0.625. The fourth-order valence-corrected chi connectivity index (χ4v) is 1.11. The first-order chi connectivity index (χ1) is 5.86. The molecule has 4 N–H and O–H groups in total. The number of rotatable bonds is 5. The number of nitrogens with two attached hydrogens (primary N) is 1. The van der Waals surface area contributed by atoms with Gasteiger partial charge in [-0.05, 0) is 6.42 Å². The molecule has 4 heteroatoms. The number of nitrogens with zero attached hydrogens (tertiary/aromatic N) is 1. The van der Waals surface area contributed by atoms with Crippen molar-refractivity contribution in [3.05, 3.63) is 12.0 Å². The molecule has 1 heterocycles. The molecule has 68 valence electrons. The quantitative estimate of drug-likeness (QED) is 0.354. The van der Waals surface area contributed by atoms with Crippen LogP contribution in [0.15, 0.2) is 6.20 Å². The minimum absolute atomic E-state index is 0.779. The van der Waals surface area contributed by atoms with E-state index in [0.717, 1.165) is 18.1 Å². The molecule has 0 saturated heterocycles. The van der Waals surface area contributed by atoms with Crippen LogP contribution in [-0.2, 0) is 6.42 Å². The van der Waals surface area contributed by atoms with Crippen molar-refractivity contribution in [1.82, 2.24) is 9.97 Å². The molecule has 1 aromatic heterocycles. The van der Waals surface area contributed by atoms with Gasteiger partial charge >= 0.3 is 0 Å². The van der Waals surface area contributed by atoms with E-state index in [4.69, 9.17) is 5.84 Å². The van der Waals surface area contributed by atoms with E-state index in [9.17, 15) is 0 Å². The molecule has 0 amide bonds. The van der Waals surface area contributed by atoms with Crippen LogP contribution in [-0.4, -0.2) is 9.97 Å². The Bertz CT molecular complexity index is 219. The fourth-order valence-electron chi connectivity index (χ4n) is 1.11. The Morgan fingerprint density at radius 2 is 2.42 bits per heavy atom. The Morgan fingerprint density at radius 3 is 3.00 bits per heavy atom. The van der Waals surface area contributed by atoms with Gasteiger partial charge in [-0.25, -0.2) is 10.8 Å². The van der Waals surface area contributed by atoms with Gasteiger partial charge in [-0.3, -0.25) is 0 Å². The summed E-state index contributed by atoms with van der Waals surface area (Å²) in [5, 5.41) is 0. The first kappa shape index (κ1) is 9.06. The summed E-state index contributed by atoms with van der Waals surface area (Å²) < 4.78 is 0. The summed E-state index contributed by atoms with van der Waals surface area (Å²) in [6, 6.07) is 0. The molecule has 0 atom stereocenters. The lowest BCUT2D eigenvalue weighted by molar-refractivity contribution is 0.699. The third kappa shape index (κ3) is 2.54. The normalized spacial score (nSPS) is 10.2. The van der Waals surface area contributed by atoms with Crippen LogP contribution >= 0.6 is 0 Å². The van der Waals surface area contributed by atoms with Gasteiger partial charge < -0.3 is 10.4 Å². The maximum atomic E-state index is 5.20. The van der Waals surface area contributed by atoms with Gasteiger partial charge in [0, 0.05) is 6.42 Å². The van der Waals surface area contributed by atoms with E-state index < -0.39 is 0 Å². The lowest BCUT2D eigenvalue weighted by atomic mass is 10.2. The maximum Gasteiger partial charge on any atom is 0.137 e. The Morgan fingerprint density at radius 1 is 1.58 bits per heavy atom. The van der Waals surface area contributed by atoms with Gasteiger partial charge in [0.15, 0.2) is 0 Å². The van der Waals surface area contributed by atoms with Gasteiger partial charge in [-0.15, -0.1) is 0 Å². The van der Waals surface area contributed by atoms with Crippen molar-refractivity contribution in [2.45, 2.75) is 32.6 Å². The molecule has 1 rings (SSSR count). The summed E-state index contributed by atoms with van der Waals surface area (Å²) in [4.78, 5) is 7.24. The molecule has 0 spiro atoms. The van der Waals surface area contributed by atoms with Crippen molar-refractivity contribution in [1.29, 1.82) is 0 Å². The summed E-state index contributed by atoms with van der Waals surface area (Å²) in [6.45, 7) is 2.19. The van der Waals surface area contributed by atoms with Crippen LogP contribution in [0, 0.1) is 0 Å². The highest BCUT2D eigenvalue weighted by atomic mass is 15.3. The SMILES string of the molecule is CCCCCc1ncc(NN)[nH]1. The van der Waals surface area contributed by atoms with E-state index in [2.05, 4.69) is 22.3 Å². The summed E-state index contributed by atoms with van der Waals surface area (Å²) in [7, 11) is 0. The van der Waals surface area contributed by atoms with Gasteiger partial charge in [0.1, 0.15) is 11.6 Å². The summed E-state index contributed by atoms with van der Waals surface area (Å²) >= 11 is 0. The van der Waals surface area contributed by atoms with Gasteiger partial charge in [0.2, 0.25) is 0 Å². The second-order valence-electron chi connectivity index (χ2n) is 2.85. The average Bonchev–Trinajstić information content (AvgIpc) is 2.53. The molecule has 4 nitrogen and oxygen atoms in total. The number of nitrogen functional groups attached to an aromatic ring is 1. The zero-order valence-electron chi connectivity index (χ0n) is 7.43. The van der Waals surface area contributed by atoms with Crippen molar-refractivity contribution < 1.29 is 0 Å². The lowest BCUT2D eigenvalue weighted by Gasteiger charge is -1.95. The minimum Gasteiger partial charge on any atom is -0.328 e. The van der Waals surface area contributed by atoms with Crippen LogP contribution < -0.4 is 11.3 Å². The number of hydrogen-bond donors (Lipinski definition) is 3. The molecule has 0 aliphatic rings. The Kier molecular flexibility index (Phi) is 3.60. The second-order valence-corrected chi connectivity index (χ2v) is 2.85. The van der Waals surface area contributed by atoms with Crippen molar-refractivity contribution >= 4 is 5.82 Å². The third-order valence-electron chi connectivity index (χ3n) is 1.80. The highest BCUT2D eigenvalue weighted by Gasteiger charge is 1.97. The standard InChI is InChI=1S/C8H16N4/c1-2-3-4-5-7-10-6-8(11-7)12-9/h6,12H,2-5,9H2,1H3,(H,10,11). The highest BCUT2D eigenvalue weighted by molar-refractivity contribution is 5.29. The van der Waals surface area contributed by atoms with Crippen LogP contribution in [0.3, 0.4) is 0 Å². The van der Waals surface area contributed by atoms with E-state index >= 15 is 0 Å². The molecular formula is C8H16N4. The third-order valence-corrected chi connectivity index (χ3v) is 1.80. The predicted octanol–water partition coefficient (Wildman–Crippen LogP) is 1.43. The smallest absolute Gasteiger partial charge is 0.137 e. The summed E-state index contributed by atoms with van der Waals surface area (Å²) in [6.07, 6.45) is 6.40. The number of unbranched alkanes of at least 4 members (excludes halogenated alkanes) is 2. The number of hydrogen-bond acceptors (Lipinski definition) is 3. The van der Waals surface area contributed by atoms with Crippen LogP contribution in [0.4, 0.5) is 5.82 Å². The first-order valence-electron chi connectivity index (χ1n) is 4.37. The summed E-state index contributed by atoms with van der Waals surface area (Å²) in [5.41, 5.74) is 2.52. The number of hydrazine groups is 1. The summed E-state index contributed by atoms with van der Waals surface area (Å²) in [5.74, 6) is 6.99. The van der Waals surface area contributed by atoms with Crippen LogP contribution in [0.2, 0.25) is 0 Å². The van der Waals surface area contributed by atoms with Gasteiger partial charge in [-0.2, -0.15) is 0 Å². The zero-order chi connectivity index (χ0) is 8.81. The van der Waals surface area contributed by atoms with E-state index in [1.807, 2.05) is 0 Å². The Balaban J connectivity index is 2.31. The molecule has 0 aromatic carbocycles. The largest absolute Gasteiger partial charge is 0.328 e. The monoisotopic (exact) mass is 168 g/mol. The topological polar surface area (TPSA) is 66.7 Å². The van der Waals surface area contributed by atoms with Crippen molar-refractivity contribution in [2.75, 3.05) is 5.43 Å². The van der Waals surface area contributed by atoms with Crippen LogP contribution in [0.25, 0.3) is 0 Å². The molecule has 0 fully saturated rings. The first-order valence-corrected chi connectivity index (χ1v) is 4.37.